The van der Waals surface area contributed by atoms with Crippen molar-refractivity contribution in [2.24, 2.45) is 0 Å². The summed E-state index contributed by atoms with van der Waals surface area (Å²) in [6.45, 7) is 0.107. The zero-order valence-corrected chi connectivity index (χ0v) is 13.1. The number of urea groups is 1. The third kappa shape index (κ3) is 3.64. The van der Waals surface area contributed by atoms with Crippen molar-refractivity contribution in [3.63, 3.8) is 0 Å². The van der Waals surface area contributed by atoms with Crippen LogP contribution in [0.4, 0.5) is 13.6 Å². The van der Waals surface area contributed by atoms with Gasteiger partial charge in [0.1, 0.15) is 11.6 Å². The summed E-state index contributed by atoms with van der Waals surface area (Å²) in [5, 5.41) is 5.48. The average Bonchev–Trinajstić information content (AvgIpc) is 2.55. The monoisotopic (exact) mass is 334 g/mol. The fourth-order valence-electron chi connectivity index (χ4n) is 2.56. The smallest absolute Gasteiger partial charge is 0.315 e. The third-order valence-corrected chi connectivity index (χ3v) is 4.89. The summed E-state index contributed by atoms with van der Waals surface area (Å²) in [6, 6.07) is 10.6. The molecule has 0 fully saturated rings. The molecule has 1 atom stereocenters. The van der Waals surface area contributed by atoms with Gasteiger partial charge < -0.3 is 10.6 Å². The second-order valence-corrected chi connectivity index (χ2v) is 6.37. The molecule has 0 aromatic heterocycles. The Morgan fingerprint density at radius 1 is 1.13 bits per heavy atom. The average molecular weight is 334 g/mol. The van der Waals surface area contributed by atoms with E-state index in [0.29, 0.717) is 10.5 Å². The highest BCUT2D eigenvalue weighted by molar-refractivity contribution is 7.99. The molecule has 120 valence electrons. The molecule has 0 saturated carbocycles. The number of nitrogens with one attached hydrogen (secondary N) is 2. The Labute approximate surface area is 137 Å². The van der Waals surface area contributed by atoms with Crippen LogP contribution in [0, 0.1) is 11.6 Å². The van der Waals surface area contributed by atoms with Gasteiger partial charge in [-0.15, -0.1) is 11.8 Å². The molecule has 1 unspecified atom stereocenters. The molecule has 2 N–H and O–H groups in total. The number of carbonyl (C=O) groups excluding carboxylic acids is 1. The van der Waals surface area contributed by atoms with Gasteiger partial charge in [0.25, 0.3) is 0 Å². The zero-order valence-electron chi connectivity index (χ0n) is 12.3. The van der Waals surface area contributed by atoms with Crippen LogP contribution in [0.5, 0.6) is 0 Å². The van der Waals surface area contributed by atoms with E-state index in [9.17, 15) is 13.6 Å². The molecule has 23 heavy (non-hydrogen) atoms. The van der Waals surface area contributed by atoms with Crippen molar-refractivity contribution in [3.05, 3.63) is 65.2 Å². The molecule has 1 aliphatic heterocycles. The van der Waals surface area contributed by atoms with Gasteiger partial charge in [0.2, 0.25) is 0 Å². The van der Waals surface area contributed by atoms with Crippen molar-refractivity contribution in [1.29, 1.82) is 0 Å². The maximum Gasteiger partial charge on any atom is 0.315 e. The number of fused-ring (bicyclic) bond motifs is 1. The predicted octanol–water partition coefficient (Wildman–Crippen LogP) is 4.00. The molecule has 0 spiro atoms. The number of hydrogen-bond donors (Lipinski definition) is 2. The Kier molecular flexibility index (Phi) is 4.81. The van der Waals surface area contributed by atoms with Gasteiger partial charge in [-0.25, -0.2) is 13.6 Å². The SMILES string of the molecule is O=C(NCc1ccccc1F)NC1CCSc2c(F)cccc21. The molecule has 6 heteroatoms. The minimum atomic E-state index is -0.389. The Hall–Kier alpha value is -2.08. The summed E-state index contributed by atoms with van der Waals surface area (Å²) in [5.41, 5.74) is 1.22. The minimum Gasteiger partial charge on any atom is -0.334 e. The van der Waals surface area contributed by atoms with Crippen LogP contribution < -0.4 is 10.6 Å². The van der Waals surface area contributed by atoms with Gasteiger partial charge in [-0.2, -0.15) is 0 Å². The van der Waals surface area contributed by atoms with Crippen molar-refractivity contribution in [2.45, 2.75) is 23.9 Å². The van der Waals surface area contributed by atoms with Gasteiger partial charge in [0, 0.05) is 22.8 Å². The predicted molar refractivity (Wildman–Crippen MR) is 86.3 cm³/mol. The largest absolute Gasteiger partial charge is 0.334 e. The summed E-state index contributed by atoms with van der Waals surface area (Å²) in [6.07, 6.45) is 0.730. The van der Waals surface area contributed by atoms with Crippen molar-refractivity contribution >= 4 is 17.8 Å². The van der Waals surface area contributed by atoms with E-state index in [4.69, 9.17) is 0 Å². The minimum absolute atomic E-state index is 0.107. The molecule has 2 amide bonds. The number of carbonyl (C=O) groups is 1. The van der Waals surface area contributed by atoms with Gasteiger partial charge in [-0.05, 0) is 24.1 Å². The zero-order chi connectivity index (χ0) is 16.2. The lowest BCUT2D eigenvalue weighted by atomic mass is 10.0. The molecule has 0 aliphatic carbocycles. The van der Waals surface area contributed by atoms with E-state index in [0.717, 1.165) is 17.7 Å². The fraction of sp³-hybridized carbons (Fsp3) is 0.235. The maximum absolute atomic E-state index is 13.8. The van der Waals surface area contributed by atoms with E-state index >= 15 is 0 Å². The molecule has 0 radical (unpaired) electrons. The van der Waals surface area contributed by atoms with E-state index in [2.05, 4.69) is 10.6 Å². The maximum atomic E-state index is 13.8. The first kappa shape index (κ1) is 15.8. The van der Waals surface area contributed by atoms with E-state index in [1.165, 1.54) is 23.9 Å². The first-order valence-electron chi connectivity index (χ1n) is 7.34. The van der Waals surface area contributed by atoms with Crippen LogP contribution in [-0.2, 0) is 6.54 Å². The van der Waals surface area contributed by atoms with Crippen molar-refractivity contribution in [2.75, 3.05) is 5.75 Å². The van der Waals surface area contributed by atoms with Gasteiger partial charge >= 0.3 is 6.03 Å². The summed E-state index contributed by atoms with van der Waals surface area (Å²) in [7, 11) is 0. The lowest BCUT2D eigenvalue weighted by Crippen LogP contribution is -2.38. The van der Waals surface area contributed by atoms with Crippen molar-refractivity contribution < 1.29 is 13.6 Å². The van der Waals surface area contributed by atoms with Crippen LogP contribution in [0.2, 0.25) is 0 Å². The number of thioether (sulfide) groups is 1. The Morgan fingerprint density at radius 2 is 1.91 bits per heavy atom. The number of hydrogen-bond acceptors (Lipinski definition) is 2. The molecule has 1 aliphatic rings. The molecule has 0 saturated heterocycles. The first-order valence-corrected chi connectivity index (χ1v) is 8.32. The van der Waals surface area contributed by atoms with Crippen LogP contribution in [-0.4, -0.2) is 11.8 Å². The van der Waals surface area contributed by atoms with Crippen LogP contribution >= 0.6 is 11.8 Å². The number of halogens is 2. The van der Waals surface area contributed by atoms with Crippen molar-refractivity contribution in [1.82, 2.24) is 10.6 Å². The topological polar surface area (TPSA) is 41.1 Å². The van der Waals surface area contributed by atoms with E-state index in [1.54, 1.807) is 24.3 Å². The summed E-state index contributed by atoms with van der Waals surface area (Å²) < 4.78 is 27.3. The quantitative estimate of drug-likeness (QED) is 0.891. The lowest BCUT2D eigenvalue weighted by molar-refractivity contribution is 0.236. The molecule has 1 heterocycles. The molecule has 3 nitrogen and oxygen atoms in total. The second-order valence-electron chi connectivity index (χ2n) is 5.27. The highest BCUT2D eigenvalue weighted by atomic mass is 32.2. The van der Waals surface area contributed by atoms with Crippen LogP contribution in [0.3, 0.4) is 0 Å². The number of rotatable bonds is 3. The summed E-state index contributed by atoms with van der Waals surface area (Å²) >= 11 is 1.46. The molecular weight excluding hydrogens is 318 g/mol. The van der Waals surface area contributed by atoms with Crippen LogP contribution in [0.1, 0.15) is 23.6 Å². The highest BCUT2D eigenvalue weighted by Crippen LogP contribution is 2.37. The number of amides is 2. The van der Waals surface area contributed by atoms with Gasteiger partial charge in [-0.3, -0.25) is 0 Å². The molecule has 3 rings (SSSR count). The normalized spacial score (nSPS) is 16.5. The fourth-order valence-corrected chi connectivity index (χ4v) is 3.70. The van der Waals surface area contributed by atoms with E-state index < -0.39 is 0 Å². The van der Waals surface area contributed by atoms with Gasteiger partial charge in [-0.1, -0.05) is 30.3 Å². The van der Waals surface area contributed by atoms with Crippen molar-refractivity contribution in [3.8, 4) is 0 Å². The Morgan fingerprint density at radius 3 is 2.74 bits per heavy atom. The molecular formula is C17H16F2N2OS. The van der Waals surface area contributed by atoms with Gasteiger partial charge in [0.15, 0.2) is 0 Å². The summed E-state index contributed by atoms with van der Waals surface area (Å²) in [5.74, 6) is 0.131. The van der Waals surface area contributed by atoms with E-state index in [1.807, 2.05) is 6.07 Å². The van der Waals surface area contributed by atoms with Crippen LogP contribution in [0.25, 0.3) is 0 Å². The molecule has 2 aromatic rings. The van der Waals surface area contributed by atoms with E-state index in [-0.39, 0.29) is 30.3 Å². The first-order chi connectivity index (χ1) is 11.1. The summed E-state index contributed by atoms with van der Waals surface area (Å²) in [4.78, 5) is 12.6. The highest BCUT2D eigenvalue weighted by Gasteiger charge is 2.24. The lowest BCUT2D eigenvalue weighted by Gasteiger charge is -2.26. The van der Waals surface area contributed by atoms with Gasteiger partial charge in [0.05, 0.1) is 6.04 Å². The molecule has 0 bridgehead atoms. The standard InChI is InChI=1S/C17H16F2N2OS/c18-13-6-2-1-4-11(13)10-20-17(22)21-15-8-9-23-16-12(15)5-3-7-14(16)19/h1-7,15H,8-10H2,(H2,20,21,22). The van der Waals surface area contributed by atoms with Crippen LogP contribution in [0.15, 0.2) is 47.4 Å². The Bertz CT molecular complexity index is 723. The third-order valence-electron chi connectivity index (χ3n) is 3.73. The Balaban J connectivity index is 1.63. The second kappa shape index (κ2) is 7.00. The number of benzene rings is 2. The molecule has 2 aromatic carbocycles.